The molecule has 0 spiro atoms. The molecule has 6 heteroatoms. The van der Waals surface area contributed by atoms with Crippen LogP contribution in [0.2, 0.25) is 0 Å². The summed E-state index contributed by atoms with van der Waals surface area (Å²) in [6.45, 7) is 6.42. The van der Waals surface area contributed by atoms with Crippen LogP contribution in [-0.4, -0.2) is 37.2 Å². The molecule has 0 bridgehead atoms. The molecule has 0 heterocycles. The third-order valence-electron chi connectivity index (χ3n) is 12.6. The number of hydrogen-bond donors (Lipinski definition) is 0. The summed E-state index contributed by atoms with van der Waals surface area (Å²) in [6, 6.07) is 0. The Bertz CT molecular complexity index is 1350. The SMILES string of the molecule is CC/C=C\C/C=C\C/C=C\C/C=C\CCC(=O)OCC(COC(=O)CCCCCCCCCCCCCCC/C=C\CCCCCCCCCC)OC(=O)CCCCCCC/C=C\C/C=C\CCCC. The quantitative estimate of drug-likeness (QED) is 0.0261. The van der Waals surface area contributed by atoms with E-state index in [4.69, 9.17) is 14.2 Å². The van der Waals surface area contributed by atoms with E-state index in [9.17, 15) is 14.4 Å². The van der Waals surface area contributed by atoms with Gasteiger partial charge in [0.1, 0.15) is 13.2 Å². The first-order valence-electron chi connectivity index (χ1n) is 29.6. The van der Waals surface area contributed by atoms with E-state index >= 15 is 0 Å². The van der Waals surface area contributed by atoms with E-state index in [-0.39, 0.29) is 37.5 Å². The predicted molar refractivity (Wildman–Crippen MR) is 302 cm³/mol. The van der Waals surface area contributed by atoms with Crippen LogP contribution in [0, 0.1) is 0 Å². The summed E-state index contributed by atoms with van der Waals surface area (Å²) in [5.74, 6) is -0.998. The zero-order valence-electron chi connectivity index (χ0n) is 46.0. The maximum Gasteiger partial charge on any atom is 0.306 e. The lowest BCUT2D eigenvalue weighted by atomic mass is 10.0. The zero-order valence-corrected chi connectivity index (χ0v) is 46.0. The fraction of sp³-hybridized carbons (Fsp3) is 0.734. The van der Waals surface area contributed by atoms with Crippen molar-refractivity contribution >= 4 is 17.9 Å². The third kappa shape index (κ3) is 55.5. The van der Waals surface area contributed by atoms with Crippen LogP contribution in [0.1, 0.15) is 284 Å². The molecule has 0 aromatic rings. The molecular weight excluding hydrogens is 865 g/mol. The molecule has 0 aromatic heterocycles. The van der Waals surface area contributed by atoms with E-state index in [1.165, 1.54) is 148 Å². The van der Waals surface area contributed by atoms with E-state index in [2.05, 4.69) is 99.8 Å². The minimum Gasteiger partial charge on any atom is -0.462 e. The van der Waals surface area contributed by atoms with Gasteiger partial charge in [0.15, 0.2) is 6.10 Å². The van der Waals surface area contributed by atoms with Gasteiger partial charge in [-0.2, -0.15) is 0 Å². The van der Waals surface area contributed by atoms with Gasteiger partial charge in [0.25, 0.3) is 0 Å². The molecule has 0 rings (SSSR count). The van der Waals surface area contributed by atoms with E-state index in [0.717, 1.165) is 89.9 Å². The molecule has 0 aliphatic rings. The average Bonchev–Trinajstić information content (AvgIpc) is 3.36. The van der Waals surface area contributed by atoms with Crippen LogP contribution in [0.25, 0.3) is 0 Å². The van der Waals surface area contributed by atoms with Crippen LogP contribution in [-0.2, 0) is 28.6 Å². The Morgan fingerprint density at radius 3 is 1.01 bits per heavy atom. The van der Waals surface area contributed by atoms with Crippen molar-refractivity contribution in [1.82, 2.24) is 0 Å². The number of rotatable bonds is 53. The maximum atomic E-state index is 12.8. The summed E-state index contributed by atoms with van der Waals surface area (Å²) in [7, 11) is 0. The number of unbranched alkanes of at least 4 members (excludes halogenated alkanes) is 28. The summed E-state index contributed by atoms with van der Waals surface area (Å²) >= 11 is 0. The molecule has 1 atom stereocenters. The number of allylic oxidation sites excluding steroid dienone is 14. The number of carbonyl (C=O) groups excluding carboxylic acids is 3. The molecule has 0 radical (unpaired) electrons. The highest BCUT2D eigenvalue weighted by Gasteiger charge is 2.19. The van der Waals surface area contributed by atoms with Gasteiger partial charge in [0.2, 0.25) is 0 Å². The van der Waals surface area contributed by atoms with Gasteiger partial charge in [-0.3, -0.25) is 14.4 Å². The van der Waals surface area contributed by atoms with Crippen LogP contribution in [0.5, 0.6) is 0 Å². The second-order valence-electron chi connectivity index (χ2n) is 19.5. The highest BCUT2D eigenvalue weighted by atomic mass is 16.6. The zero-order chi connectivity index (χ0) is 50.7. The average molecular weight is 976 g/mol. The van der Waals surface area contributed by atoms with E-state index < -0.39 is 6.10 Å². The van der Waals surface area contributed by atoms with Crippen LogP contribution >= 0.6 is 0 Å². The summed E-state index contributed by atoms with van der Waals surface area (Å²) < 4.78 is 16.8. The topological polar surface area (TPSA) is 78.9 Å². The molecule has 0 aliphatic carbocycles. The number of hydrogen-bond acceptors (Lipinski definition) is 6. The third-order valence-corrected chi connectivity index (χ3v) is 12.6. The van der Waals surface area contributed by atoms with Crippen molar-refractivity contribution in [3.63, 3.8) is 0 Å². The van der Waals surface area contributed by atoms with Gasteiger partial charge >= 0.3 is 17.9 Å². The molecule has 0 saturated heterocycles. The van der Waals surface area contributed by atoms with Crippen LogP contribution in [0.4, 0.5) is 0 Å². The van der Waals surface area contributed by atoms with Crippen molar-refractivity contribution < 1.29 is 28.6 Å². The predicted octanol–water partition coefficient (Wildman–Crippen LogP) is 19.9. The first kappa shape index (κ1) is 66.6. The van der Waals surface area contributed by atoms with Gasteiger partial charge in [0, 0.05) is 19.3 Å². The summed E-state index contributed by atoms with van der Waals surface area (Å²) in [5.41, 5.74) is 0. The monoisotopic (exact) mass is 975 g/mol. The van der Waals surface area contributed by atoms with Gasteiger partial charge in [-0.25, -0.2) is 0 Å². The van der Waals surface area contributed by atoms with Crippen molar-refractivity contribution in [2.75, 3.05) is 13.2 Å². The van der Waals surface area contributed by atoms with Crippen LogP contribution < -0.4 is 0 Å². The minimum atomic E-state index is -0.812. The second kappa shape index (κ2) is 58.2. The molecule has 0 aliphatic heterocycles. The molecule has 0 fully saturated rings. The van der Waals surface area contributed by atoms with E-state index in [1.54, 1.807) is 0 Å². The van der Waals surface area contributed by atoms with Crippen molar-refractivity contribution in [2.24, 2.45) is 0 Å². The minimum absolute atomic E-state index is 0.104. The molecule has 0 N–H and O–H groups in total. The Labute approximate surface area is 433 Å². The Hall–Kier alpha value is -3.41. The smallest absolute Gasteiger partial charge is 0.306 e. The standard InChI is InChI=1S/C64H110O6/c1-4-7-10-13-16-19-22-25-27-28-29-30-31-32-33-34-35-36-37-40-42-45-48-51-54-57-63(66)69-60-61(59-68-62(65)56-53-50-47-44-41-38-24-21-18-15-12-9-6-3)70-64(67)58-55-52-49-46-43-39-26-23-20-17-14-11-8-5-2/h9,12,14,17-18,21,23,26,28-29,38,41,47,50,61H,4-8,10-11,13,15-16,19-20,22,24-25,27,30-37,39-40,42-46,48-49,51-60H2,1-3H3/b12-9-,17-14-,21-18-,26-23-,29-28-,41-38-,50-47-. The van der Waals surface area contributed by atoms with Crippen molar-refractivity contribution in [3.8, 4) is 0 Å². The largest absolute Gasteiger partial charge is 0.462 e. The van der Waals surface area contributed by atoms with Gasteiger partial charge in [0.05, 0.1) is 0 Å². The first-order chi connectivity index (χ1) is 34.5. The lowest BCUT2D eigenvalue weighted by Crippen LogP contribution is -2.30. The maximum absolute atomic E-state index is 12.8. The number of carbonyl (C=O) groups is 3. The lowest BCUT2D eigenvalue weighted by Gasteiger charge is -2.18. The molecule has 0 aromatic carbocycles. The van der Waals surface area contributed by atoms with E-state index in [1.807, 2.05) is 6.08 Å². The van der Waals surface area contributed by atoms with Crippen LogP contribution in [0.15, 0.2) is 85.1 Å². The lowest BCUT2D eigenvalue weighted by molar-refractivity contribution is -0.166. The van der Waals surface area contributed by atoms with Crippen molar-refractivity contribution in [2.45, 2.75) is 290 Å². The summed E-state index contributed by atoms with van der Waals surface area (Å²) in [5, 5.41) is 0. The summed E-state index contributed by atoms with van der Waals surface area (Å²) in [4.78, 5) is 38.1. The fourth-order valence-corrected chi connectivity index (χ4v) is 8.17. The highest BCUT2D eigenvalue weighted by Crippen LogP contribution is 2.16. The molecule has 0 saturated carbocycles. The molecule has 70 heavy (non-hydrogen) atoms. The first-order valence-corrected chi connectivity index (χ1v) is 29.6. The van der Waals surface area contributed by atoms with Crippen LogP contribution in [0.3, 0.4) is 0 Å². The van der Waals surface area contributed by atoms with Gasteiger partial charge in [-0.1, -0.05) is 254 Å². The molecular formula is C64H110O6. The Balaban J connectivity index is 4.31. The molecule has 0 amide bonds. The highest BCUT2D eigenvalue weighted by molar-refractivity contribution is 5.71. The van der Waals surface area contributed by atoms with Gasteiger partial charge in [-0.15, -0.1) is 0 Å². The Kier molecular flexibility index (Phi) is 55.3. The van der Waals surface area contributed by atoms with Crippen molar-refractivity contribution in [1.29, 1.82) is 0 Å². The normalized spacial score (nSPS) is 12.7. The molecule has 402 valence electrons. The summed E-state index contributed by atoms with van der Waals surface area (Å²) in [6.07, 6.45) is 76.1. The Morgan fingerprint density at radius 1 is 0.300 bits per heavy atom. The molecule has 6 nitrogen and oxygen atoms in total. The molecule has 1 unspecified atom stereocenters. The van der Waals surface area contributed by atoms with E-state index in [0.29, 0.717) is 19.3 Å². The van der Waals surface area contributed by atoms with Gasteiger partial charge in [-0.05, 0) is 96.3 Å². The number of esters is 3. The number of ether oxygens (including phenoxy) is 3. The van der Waals surface area contributed by atoms with Gasteiger partial charge < -0.3 is 14.2 Å². The fourth-order valence-electron chi connectivity index (χ4n) is 8.17. The van der Waals surface area contributed by atoms with Crippen molar-refractivity contribution in [3.05, 3.63) is 85.1 Å². The Morgan fingerprint density at radius 2 is 0.600 bits per heavy atom. The second-order valence-corrected chi connectivity index (χ2v) is 19.5.